The number of hydrogen-bond donors (Lipinski definition) is 2. The maximum absolute atomic E-state index is 12.2. The highest BCUT2D eigenvalue weighted by Gasteiger charge is 2.15. The maximum atomic E-state index is 12.2. The van der Waals surface area contributed by atoms with Gasteiger partial charge in [-0.1, -0.05) is 19.3 Å². The molecule has 0 atom stereocenters. The second kappa shape index (κ2) is 7.67. The van der Waals surface area contributed by atoms with E-state index < -0.39 is 0 Å². The molecule has 1 saturated carbocycles. The molecule has 2 N–H and O–H groups in total. The van der Waals surface area contributed by atoms with Gasteiger partial charge >= 0.3 is 0 Å². The van der Waals surface area contributed by atoms with E-state index in [1.165, 1.54) is 25.6 Å². The molecule has 6 nitrogen and oxygen atoms in total. The number of nitrogens with one attached hydrogen (secondary N) is 2. The normalized spacial score (nSPS) is 15.1. The summed E-state index contributed by atoms with van der Waals surface area (Å²) in [6.45, 7) is 0.455. The lowest BCUT2D eigenvalue weighted by atomic mass is 9.95. The summed E-state index contributed by atoms with van der Waals surface area (Å²) in [4.78, 5) is 24.5. The predicted octanol–water partition coefficient (Wildman–Crippen LogP) is 2.55. The van der Waals surface area contributed by atoms with Crippen molar-refractivity contribution in [1.29, 1.82) is 0 Å². The van der Waals surface area contributed by atoms with Gasteiger partial charge in [0.2, 0.25) is 0 Å². The van der Waals surface area contributed by atoms with Crippen molar-refractivity contribution in [3.8, 4) is 0 Å². The average Bonchev–Trinajstić information content (AvgIpc) is 2.62. The van der Waals surface area contributed by atoms with Crippen LogP contribution >= 0.6 is 0 Å². The van der Waals surface area contributed by atoms with E-state index in [9.17, 15) is 4.79 Å². The molecule has 6 heteroatoms. The number of pyridine rings is 1. The Hall–Kier alpha value is -2.50. The fourth-order valence-corrected chi connectivity index (χ4v) is 2.79. The highest BCUT2D eigenvalue weighted by atomic mass is 16.1. The largest absolute Gasteiger partial charge is 0.367 e. The Kier molecular flexibility index (Phi) is 5.13. The minimum Gasteiger partial charge on any atom is -0.367 e. The van der Waals surface area contributed by atoms with Gasteiger partial charge in [-0.15, -0.1) is 0 Å². The van der Waals surface area contributed by atoms with E-state index in [0.29, 0.717) is 18.3 Å². The van der Waals surface area contributed by atoms with Crippen LogP contribution in [0.25, 0.3) is 0 Å². The third kappa shape index (κ3) is 4.48. The smallest absolute Gasteiger partial charge is 0.270 e. The van der Waals surface area contributed by atoms with Crippen molar-refractivity contribution >= 4 is 11.7 Å². The number of amides is 1. The number of anilines is 1. The van der Waals surface area contributed by atoms with Crippen molar-refractivity contribution in [2.45, 2.75) is 44.7 Å². The van der Waals surface area contributed by atoms with Gasteiger partial charge in [-0.25, -0.2) is 9.97 Å². The van der Waals surface area contributed by atoms with Crippen LogP contribution in [0.5, 0.6) is 0 Å². The standard InChI is InChI=1S/C17H21N5O/c23-17(19-11-13-6-8-18-9-7-13)15-10-16(21-12-20-15)22-14-4-2-1-3-5-14/h6-10,12,14H,1-5,11H2,(H,19,23)(H,20,21,22). The molecule has 1 amide bonds. The first-order chi connectivity index (χ1) is 11.3. The van der Waals surface area contributed by atoms with Gasteiger partial charge in [-0.05, 0) is 30.5 Å². The first kappa shape index (κ1) is 15.4. The minimum atomic E-state index is -0.198. The van der Waals surface area contributed by atoms with Crippen molar-refractivity contribution in [2.75, 3.05) is 5.32 Å². The molecule has 0 radical (unpaired) electrons. The van der Waals surface area contributed by atoms with E-state index >= 15 is 0 Å². The van der Waals surface area contributed by atoms with E-state index in [4.69, 9.17) is 0 Å². The molecule has 3 rings (SSSR count). The van der Waals surface area contributed by atoms with Crippen LogP contribution in [-0.2, 0) is 6.54 Å². The monoisotopic (exact) mass is 311 g/mol. The van der Waals surface area contributed by atoms with Crippen molar-refractivity contribution < 1.29 is 4.79 Å². The molecule has 1 aliphatic carbocycles. The molecule has 0 bridgehead atoms. The van der Waals surface area contributed by atoms with Gasteiger partial charge in [-0.2, -0.15) is 0 Å². The first-order valence-electron chi connectivity index (χ1n) is 8.07. The lowest BCUT2D eigenvalue weighted by Gasteiger charge is -2.23. The molecular weight excluding hydrogens is 290 g/mol. The Morgan fingerprint density at radius 3 is 2.70 bits per heavy atom. The lowest BCUT2D eigenvalue weighted by molar-refractivity contribution is 0.0945. The fourth-order valence-electron chi connectivity index (χ4n) is 2.79. The zero-order chi connectivity index (χ0) is 15.9. The van der Waals surface area contributed by atoms with Crippen LogP contribution in [0.1, 0.15) is 48.2 Å². The zero-order valence-electron chi connectivity index (χ0n) is 13.0. The SMILES string of the molecule is O=C(NCc1ccncc1)c1cc(NC2CCCCC2)ncn1. The van der Waals surface area contributed by atoms with Gasteiger partial charge in [0.25, 0.3) is 5.91 Å². The van der Waals surface area contributed by atoms with Gasteiger partial charge in [0.15, 0.2) is 0 Å². The predicted molar refractivity (Wildman–Crippen MR) is 87.9 cm³/mol. The Balaban J connectivity index is 1.58. The zero-order valence-corrected chi connectivity index (χ0v) is 13.0. The lowest BCUT2D eigenvalue weighted by Crippen LogP contribution is -2.25. The van der Waals surface area contributed by atoms with Crippen molar-refractivity contribution in [1.82, 2.24) is 20.3 Å². The van der Waals surface area contributed by atoms with Gasteiger partial charge < -0.3 is 10.6 Å². The van der Waals surface area contributed by atoms with Gasteiger partial charge in [0.05, 0.1) is 0 Å². The van der Waals surface area contributed by atoms with Crippen molar-refractivity contribution in [3.63, 3.8) is 0 Å². The van der Waals surface area contributed by atoms with Crippen LogP contribution in [0, 0.1) is 0 Å². The summed E-state index contributed by atoms with van der Waals surface area (Å²) in [5, 5.41) is 6.27. The molecule has 23 heavy (non-hydrogen) atoms. The number of nitrogens with zero attached hydrogens (tertiary/aromatic N) is 3. The van der Waals surface area contributed by atoms with E-state index in [0.717, 1.165) is 24.2 Å². The molecule has 0 spiro atoms. The summed E-state index contributed by atoms with van der Waals surface area (Å²) in [5.41, 5.74) is 1.38. The molecule has 2 aromatic heterocycles. The topological polar surface area (TPSA) is 79.8 Å². The van der Waals surface area contributed by atoms with E-state index in [2.05, 4.69) is 25.6 Å². The Morgan fingerprint density at radius 2 is 1.91 bits per heavy atom. The van der Waals surface area contributed by atoms with Crippen molar-refractivity contribution in [2.24, 2.45) is 0 Å². The summed E-state index contributed by atoms with van der Waals surface area (Å²) in [5.74, 6) is 0.525. The molecule has 0 aromatic carbocycles. The average molecular weight is 311 g/mol. The van der Waals surface area contributed by atoms with Crippen LogP contribution in [-0.4, -0.2) is 26.9 Å². The van der Waals surface area contributed by atoms with Gasteiger partial charge in [0.1, 0.15) is 17.8 Å². The number of carbonyl (C=O) groups is 1. The third-order valence-corrected chi connectivity index (χ3v) is 4.06. The highest BCUT2D eigenvalue weighted by Crippen LogP contribution is 2.20. The quantitative estimate of drug-likeness (QED) is 0.887. The second-order valence-electron chi connectivity index (χ2n) is 5.81. The number of aromatic nitrogens is 3. The summed E-state index contributed by atoms with van der Waals surface area (Å²) in [6, 6.07) is 5.91. The van der Waals surface area contributed by atoms with E-state index in [-0.39, 0.29) is 5.91 Å². The first-order valence-corrected chi connectivity index (χ1v) is 8.07. The Morgan fingerprint density at radius 1 is 1.13 bits per heavy atom. The summed E-state index contributed by atoms with van der Waals surface area (Å²) >= 11 is 0. The number of rotatable bonds is 5. The molecule has 1 aliphatic rings. The van der Waals surface area contributed by atoms with E-state index in [1.54, 1.807) is 18.5 Å². The summed E-state index contributed by atoms with van der Waals surface area (Å²) in [7, 11) is 0. The maximum Gasteiger partial charge on any atom is 0.270 e. The van der Waals surface area contributed by atoms with Crippen LogP contribution < -0.4 is 10.6 Å². The van der Waals surface area contributed by atoms with Crippen LogP contribution in [0.15, 0.2) is 36.9 Å². The summed E-state index contributed by atoms with van der Waals surface area (Å²) < 4.78 is 0. The molecule has 1 fully saturated rings. The van der Waals surface area contributed by atoms with E-state index in [1.807, 2.05) is 12.1 Å². The molecule has 120 valence electrons. The molecule has 2 aromatic rings. The minimum absolute atomic E-state index is 0.198. The fraction of sp³-hybridized carbons (Fsp3) is 0.412. The number of carbonyl (C=O) groups excluding carboxylic acids is 1. The van der Waals surface area contributed by atoms with Crippen LogP contribution in [0.3, 0.4) is 0 Å². The molecule has 2 heterocycles. The van der Waals surface area contributed by atoms with Crippen LogP contribution in [0.4, 0.5) is 5.82 Å². The molecule has 0 aliphatic heterocycles. The van der Waals surface area contributed by atoms with Crippen molar-refractivity contribution in [3.05, 3.63) is 48.2 Å². The Bertz CT molecular complexity index is 640. The third-order valence-electron chi connectivity index (χ3n) is 4.06. The van der Waals surface area contributed by atoms with Crippen LogP contribution in [0.2, 0.25) is 0 Å². The highest BCUT2D eigenvalue weighted by molar-refractivity contribution is 5.92. The number of hydrogen-bond acceptors (Lipinski definition) is 5. The Labute approximate surface area is 135 Å². The van der Waals surface area contributed by atoms with Gasteiger partial charge in [-0.3, -0.25) is 9.78 Å². The second-order valence-corrected chi connectivity index (χ2v) is 5.81. The molecule has 0 saturated heterocycles. The molecular formula is C17H21N5O. The molecule has 0 unspecified atom stereocenters. The summed E-state index contributed by atoms with van der Waals surface area (Å²) in [6.07, 6.45) is 11.0. The van der Waals surface area contributed by atoms with Gasteiger partial charge in [0, 0.05) is 31.0 Å².